The summed E-state index contributed by atoms with van der Waals surface area (Å²) in [6.07, 6.45) is 0.776. The van der Waals surface area contributed by atoms with Crippen LogP contribution in [-0.4, -0.2) is 48.6 Å². The van der Waals surface area contributed by atoms with Gasteiger partial charge in [0.1, 0.15) is 0 Å². The van der Waals surface area contributed by atoms with Gasteiger partial charge in [0.25, 0.3) is 0 Å². The number of hydrogen-bond acceptors (Lipinski definition) is 3. The van der Waals surface area contributed by atoms with Crippen molar-refractivity contribution in [1.82, 2.24) is 10.2 Å². The molecule has 0 aromatic heterocycles. The van der Waals surface area contributed by atoms with E-state index in [1.54, 1.807) is 11.8 Å². The van der Waals surface area contributed by atoms with Crippen LogP contribution in [0.1, 0.15) is 20.3 Å². The van der Waals surface area contributed by atoms with Gasteiger partial charge >= 0.3 is 0 Å². The van der Waals surface area contributed by atoms with Gasteiger partial charge in [-0.15, -0.1) is 0 Å². The Morgan fingerprint density at radius 3 is 2.88 bits per heavy atom. The molecule has 2 atom stereocenters. The van der Waals surface area contributed by atoms with Gasteiger partial charge in [0.05, 0.1) is 18.7 Å². The van der Waals surface area contributed by atoms with Crippen molar-refractivity contribution in [3.05, 3.63) is 0 Å². The summed E-state index contributed by atoms with van der Waals surface area (Å²) in [6, 6.07) is -0.0322. The van der Waals surface area contributed by atoms with Gasteiger partial charge in [-0.3, -0.25) is 10.2 Å². The fourth-order valence-electron chi connectivity index (χ4n) is 2.13. The van der Waals surface area contributed by atoms with Crippen molar-refractivity contribution in [2.45, 2.75) is 32.4 Å². The van der Waals surface area contributed by atoms with Crippen molar-refractivity contribution in [3.63, 3.8) is 0 Å². The average Bonchev–Trinajstić information content (AvgIpc) is 2.20. The molecule has 4 N–H and O–H groups in total. The summed E-state index contributed by atoms with van der Waals surface area (Å²) in [4.78, 5) is 13.3. The Morgan fingerprint density at radius 2 is 2.38 bits per heavy atom. The number of likely N-dealkylation sites (N-methyl/N-ethyl adjacent to an activating group) is 1. The summed E-state index contributed by atoms with van der Waals surface area (Å²) in [5, 5.41) is 10.1. The van der Waals surface area contributed by atoms with E-state index in [2.05, 4.69) is 5.32 Å². The molecule has 1 fully saturated rings. The second-order valence-electron chi connectivity index (χ2n) is 3.90. The molecule has 1 heterocycles. The lowest BCUT2D eigenvalue weighted by Gasteiger charge is -2.39. The molecule has 2 unspecified atom stereocenters. The monoisotopic (exact) mass is 228 g/mol. The molecule has 0 spiro atoms. The van der Waals surface area contributed by atoms with Crippen LogP contribution < -0.4 is 11.1 Å². The molecule has 0 aliphatic carbocycles. The lowest BCUT2D eigenvalue weighted by atomic mass is 10.0. The molecule has 0 radical (unpaired) electrons. The van der Waals surface area contributed by atoms with E-state index in [-0.39, 0.29) is 24.0 Å². The molecule has 0 bridgehead atoms. The van der Waals surface area contributed by atoms with Gasteiger partial charge in [0, 0.05) is 20.1 Å². The first-order chi connectivity index (χ1) is 7.56. The minimum atomic E-state index is -0.0879. The molecule has 0 aromatic rings. The number of carbonyl (C=O) groups is 1. The Hall–Kier alpha value is -1.30. The first-order valence-corrected chi connectivity index (χ1v) is 5.51. The number of amides is 1. The zero-order chi connectivity index (χ0) is 12.1. The average molecular weight is 228 g/mol. The van der Waals surface area contributed by atoms with Crippen LogP contribution in [0.15, 0.2) is 0 Å². The second kappa shape index (κ2) is 5.69. The Bertz CT molecular complexity index is 270. The molecule has 1 rings (SSSR count). The molecule has 1 aliphatic rings. The quantitative estimate of drug-likeness (QED) is 0.448. The first kappa shape index (κ1) is 12.8. The van der Waals surface area contributed by atoms with Crippen molar-refractivity contribution < 1.29 is 9.53 Å². The molecule has 1 saturated heterocycles. The van der Waals surface area contributed by atoms with Gasteiger partial charge in [0.15, 0.2) is 5.96 Å². The maximum atomic E-state index is 11.5. The van der Waals surface area contributed by atoms with E-state index < -0.39 is 0 Å². The highest BCUT2D eigenvalue weighted by Gasteiger charge is 2.31. The second-order valence-corrected chi connectivity index (χ2v) is 3.90. The van der Waals surface area contributed by atoms with E-state index in [4.69, 9.17) is 15.9 Å². The molecule has 6 heteroatoms. The van der Waals surface area contributed by atoms with Gasteiger partial charge in [-0.1, -0.05) is 0 Å². The summed E-state index contributed by atoms with van der Waals surface area (Å²) in [6.45, 7) is 5.29. The van der Waals surface area contributed by atoms with E-state index in [1.807, 2.05) is 6.92 Å². The fraction of sp³-hybridized carbons (Fsp3) is 0.800. The number of nitrogens with two attached hydrogens (primary N) is 1. The predicted molar refractivity (Wildman–Crippen MR) is 61.1 cm³/mol. The smallest absolute Gasteiger partial charge is 0.219 e. The molecule has 16 heavy (non-hydrogen) atoms. The number of guanidine groups is 1. The van der Waals surface area contributed by atoms with Gasteiger partial charge in [-0.25, -0.2) is 0 Å². The third-order valence-corrected chi connectivity index (χ3v) is 2.81. The summed E-state index contributed by atoms with van der Waals surface area (Å²) in [5.41, 5.74) is 5.32. The highest BCUT2D eigenvalue weighted by Crippen LogP contribution is 2.15. The third-order valence-electron chi connectivity index (χ3n) is 2.81. The standard InChI is InChI=1S/C10H20N4O2/c1-3-14(7(2)15)9-4-5-16-6-8(9)13-10(11)12/h8-9H,3-6H2,1-2H3,(H4,11,12,13). The van der Waals surface area contributed by atoms with Crippen LogP contribution in [0.25, 0.3) is 0 Å². The molecule has 1 aliphatic heterocycles. The van der Waals surface area contributed by atoms with Crippen LogP contribution in [-0.2, 0) is 9.53 Å². The first-order valence-electron chi connectivity index (χ1n) is 5.51. The van der Waals surface area contributed by atoms with Crippen molar-refractivity contribution in [3.8, 4) is 0 Å². The van der Waals surface area contributed by atoms with Crippen LogP contribution in [0.4, 0.5) is 0 Å². The van der Waals surface area contributed by atoms with Gasteiger partial charge in [0.2, 0.25) is 5.91 Å². The van der Waals surface area contributed by atoms with Crippen LogP contribution in [0.2, 0.25) is 0 Å². The van der Waals surface area contributed by atoms with Crippen molar-refractivity contribution in [2.75, 3.05) is 19.8 Å². The summed E-state index contributed by atoms with van der Waals surface area (Å²) >= 11 is 0. The molecule has 92 valence electrons. The zero-order valence-corrected chi connectivity index (χ0v) is 9.82. The molecule has 0 saturated carbocycles. The van der Waals surface area contributed by atoms with Crippen LogP contribution >= 0.6 is 0 Å². The number of nitrogens with zero attached hydrogens (tertiary/aromatic N) is 1. The van der Waals surface area contributed by atoms with Gasteiger partial charge < -0.3 is 20.7 Å². The van der Waals surface area contributed by atoms with Crippen LogP contribution in [0.5, 0.6) is 0 Å². The number of rotatable bonds is 3. The third kappa shape index (κ3) is 3.10. The minimum absolute atomic E-state index is 0.0461. The van der Waals surface area contributed by atoms with Crippen LogP contribution in [0, 0.1) is 5.41 Å². The lowest BCUT2D eigenvalue weighted by Crippen LogP contribution is -2.58. The number of carbonyl (C=O) groups excluding carboxylic acids is 1. The largest absolute Gasteiger partial charge is 0.379 e. The van der Waals surface area contributed by atoms with Crippen molar-refractivity contribution in [2.24, 2.45) is 5.73 Å². The van der Waals surface area contributed by atoms with E-state index in [1.165, 1.54) is 0 Å². The van der Waals surface area contributed by atoms with Gasteiger partial charge in [-0.2, -0.15) is 0 Å². The molecule has 1 amide bonds. The molecule has 0 aromatic carbocycles. The Labute approximate surface area is 95.6 Å². The van der Waals surface area contributed by atoms with Crippen molar-refractivity contribution in [1.29, 1.82) is 5.41 Å². The number of nitrogens with one attached hydrogen (secondary N) is 2. The fourth-order valence-corrected chi connectivity index (χ4v) is 2.13. The van der Waals surface area contributed by atoms with Crippen molar-refractivity contribution >= 4 is 11.9 Å². The Balaban J connectivity index is 2.71. The topological polar surface area (TPSA) is 91.4 Å². The summed E-state index contributed by atoms with van der Waals surface area (Å²) < 4.78 is 5.33. The summed E-state index contributed by atoms with van der Waals surface area (Å²) in [7, 11) is 0. The minimum Gasteiger partial charge on any atom is -0.379 e. The summed E-state index contributed by atoms with van der Waals surface area (Å²) in [5.74, 6) is -0.0372. The van der Waals surface area contributed by atoms with E-state index >= 15 is 0 Å². The molecule has 6 nitrogen and oxygen atoms in total. The normalized spacial score (nSPS) is 24.9. The van der Waals surface area contributed by atoms with E-state index in [0.717, 1.165) is 6.42 Å². The zero-order valence-electron chi connectivity index (χ0n) is 9.82. The van der Waals surface area contributed by atoms with Gasteiger partial charge in [-0.05, 0) is 13.3 Å². The van der Waals surface area contributed by atoms with E-state index in [0.29, 0.717) is 19.8 Å². The number of hydrogen-bond donors (Lipinski definition) is 3. The highest BCUT2D eigenvalue weighted by molar-refractivity contribution is 5.75. The Morgan fingerprint density at radius 1 is 1.69 bits per heavy atom. The predicted octanol–water partition coefficient (Wildman–Crippen LogP) is -0.505. The molecular formula is C10H20N4O2. The maximum Gasteiger partial charge on any atom is 0.219 e. The lowest BCUT2D eigenvalue weighted by molar-refractivity contribution is -0.133. The van der Waals surface area contributed by atoms with Crippen LogP contribution in [0.3, 0.4) is 0 Å². The molecular weight excluding hydrogens is 208 g/mol. The number of ether oxygens (including phenoxy) is 1. The maximum absolute atomic E-state index is 11.5. The Kier molecular flexibility index (Phi) is 4.54. The SMILES string of the molecule is CCN(C(C)=O)C1CCOCC1NC(=N)N. The van der Waals surface area contributed by atoms with E-state index in [9.17, 15) is 4.79 Å². The highest BCUT2D eigenvalue weighted by atomic mass is 16.5.